The SMILES string of the molecule is O=C(Cn1cccn1)N1CCCC[C@H]1c1ccn2ccnc2n1. The Morgan fingerprint density at radius 3 is 3.04 bits per heavy atom. The standard InChI is InChI=1S/C16H18N6O/c23-15(12-21-8-3-6-18-21)22-9-2-1-4-14(22)13-5-10-20-11-7-17-16(20)19-13/h3,5-8,10-11,14H,1-2,4,9,12H2/t14-/m0/s1. The molecule has 7 heteroatoms. The molecular weight excluding hydrogens is 292 g/mol. The number of piperidine rings is 1. The predicted molar refractivity (Wildman–Crippen MR) is 83.5 cm³/mol. The van der Waals surface area contributed by atoms with E-state index in [9.17, 15) is 4.79 Å². The molecule has 1 saturated heterocycles. The number of rotatable bonds is 3. The van der Waals surface area contributed by atoms with E-state index in [4.69, 9.17) is 0 Å². The summed E-state index contributed by atoms with van der Waals surface area (Å²) in [5.41, 5.74) is 0.914. The van der Waals surface area contributed by atoms with E-state index in [1.54, 1.807) is 17.1 Å². The van der Waals surface area contributed by atoms with Gasteiger partial charge in [0.1, 0.15) is 6.54 Å². The van der Waals surface area contributed by atoms with Gasteiger partial charge in [0, 0.05) is 37.5 Å². The molecule has 3 aromatic heterocycles. The molecule has 0 saturated carbocycles. The second-order valence-corrected chi connectivity index (χ2v) is 5.79. The number of hydrogen-bond donors (Lipinski definition) is 0. The lowest BCUT2D eigenvalue weighted by atomic mass is 9.99. The molecule has 1 fully saturated rings. The predicted octanol–water partition coefficient (Wildman–Crippen LogP) is 1.68. The van der Waals surface area contributed by atoms with Crippen LogP contribution in [0, 0.1) is 0 Å². The largest absolute Gasteiger partial charge is 0.332 e. The molecule has 118 valence electrons. The van der Waals surface area contributed by atoms with Gasteiger partial charge < -0.3 is 4.90 Å². The minimum atomic E-state index is 0.0218. The molecule has 0 bridgehead atoms. The van der Waals surface area contributed by atoms with Crippen molar-refractivity contribution in [1.29, 1.82) is 0 Å². The Balaban J connectivity index is 1.60. The molecule has 4 rings (SSSR count). The highest BCUT2D eigenvalue weighted by Crippen LogP contribution is 2.30. The van der Waals surface area contributed by atoms with Crippen molar-refractivity contribution in [3.8, 4) is 0 Å². The van der Waals surface area contributed by atoms with Crippen molar-refractivity contribution >= 4 is 11.7 Å². The fraction of sp³-hybridized carbons (Fsp3) is 0.375. The van der Waals surface area contributed by atoms with Crippen molar-refractivity contribution in [2.24, 2.45) is 0 Å². The van der Waals surface area contributed by atoms with Crippen molar-refractivity contribution in [3.63, 3.8) is 0 Å². The average Bonchev–Trinajstić information content (AvgIpc) is 3.25. The summed E-state index contributed by atoms with van der Waals surface area (Å²) in [6.45, 7) is 1.04. The zero-order valence-electron chi connectivity index (χ0n) is 12.7. The third kappa shape index (κ3) is 2.69. The molecule has 0 radical (unpaired) electrons. The Kier molecular flexibility index (Phi) is 3.53. The van der Waals surface area contributed by atoms with Gasteiger partial charge in [0.05, 0.1) is 11.7 Å². The van der Waals surface area contributed by atoms with Crippen molar-refractivity contribution in [2.45, 2.75) is 31.8 Å². The van der Waals surface area contributed by atoms with E-state index in [-0.39, 0.29) is 18.5 Å². The molecule has 4 heterocycles. The fourth-order valence-electron chi connectivity index (χ4n) is 3.16. The quantitative estimate of drug-likeness (QED) is 0.738. The van der Waals surface area contributed by atoms with Gasteiger partial charge in [-0.15, -0.1) is 0 Å². The lowest BCUT2D eigenvalue weighted by molar-refractivity contribution is -0.136. The monoisotopic (exact) mass is 310 g/mol. The molecular formula is C16H18N6O. The summed E-state index contributed by atoms with van der Waals surface area (Å²) >= 11 is 0. The van der Waals surface area contributed by atoms with E-state index < -0.39 is 0 Å². The smallest absolute Gasteiger partial charge is 0.244 e. The van der Waals surface area contributed by atoms with Crippen LogP contribution in [0.5, 0.6) is 0 Å². The third-order valence-corrected chi connectivity index (χ3v) is 4.30. The lowest BCUT2D eigenvalue weighted by Gasteiger charge is -2.35. The van der Waals surface area contributed by atoms with Crippen LogP contribution in [0.4, 0.5) is 0 Å². The first-order valence-corrected chi connectivity index (χ1v) is 7.88. The first-order valence-electron chi connectivity index (χ1n) is 7.88. The average molecular weight is 310 g/mol. The Morgan fingerprint density at radius 1 is 1.22 bits per heavy atom. The summed E-state index contributed by atoms with van der Waals surface area (Å²) in [6.07, 6.45) is 12.1. The Bertz CT molecular complexity index is 809. The molecule has 0 spiro atoms. The van der Waals surface area contributed by atoms with Crippen LogP contribution >= 0.6 is 0 Å². The van der Waals surface area contributed by atoms with E-state index >= 15 is 0 Å². The number of imidazole rings is 1. The first kappa shape index (κ1) is 13.9. The summed E-state index contributed by atoms with van der Waals surface area (Å²) in [6, 6.07) is 3.83. The fourth-order valence-corrected chi connectivity index (χ4v) is 3.16. The van der Waals surface area contributed by atoms with Crippen molar-refractivity contribution in [1.82, 2.24) is 29.0 Å². The number of likely N-dealkylation sites (tertiary alicyclic amines) is 1. The molecule has 0 N–H and O–H groups in total. The van der Waals surface area contributed by atoms with Crippen LogP contribution in [0.15, 0.2) is 43.1 Å². The molecule has 3 aromatic rings. The van der Waals surface area contributed by atoms with E-state index in [1.807, 2.05) is 40.0 Å². The van der Waals surface area contributed by atoms with E-state index in [0.717, 1.165) is 31.5 Å². The zero-order valence-corrected chi connectivity index (χ0v) is 12.7. The van der Waals surface area contributed by atoms with Crippen molar-refractivity contribution in [3.05, 3.63) is 48.8 Å². The minimum absolute atomic E-state index is 0.0218. The number of aromatic nitrogens is 5. The van der Waals surface area contributed by atoms with Gasteiger partial charge in [-0.3, -0.25) is 13.9 Å². The van der Waals surface area contributed by atoms with Crippen LogP contribution in [0.2, 0.25) is 0 Å². The lowest BCUT2D eigenvalue weighted by Crippen LogP contribution is -2.40. The van der Waals surface area contributed by atoms with Gasteiger partial charge in [-0.05, 0) is 31.4 Å². The maximum Gasteiger partial charge on any atom is 0.244 e. The van der Waals surface area contributed by atoms with Crippen LogP contribution < -0.4 is 0 Å². The number of carbonyl (C=O) groups excluding carboxylic acids is 1. The van der Waals surface area contributed by atoms with Gasteiger partial charge in [0.25, 0.3) is 0 Å². The van der Waals surface area contributed by atoms with Gasteiger partial charge in [-0.2, -0.15) is 5.10 Å². The van der Waals surface area contributed by atoms with Crippen molar-refractivity contribution < 1.29 is 4.79 Å². The summed E-state index contributed by atoms with van der Waals surface area (Å²) < 4.78 is 3.54. The number of fused-ring (bicyclic) bond motifs is 1. The second-order valence-electron chi connectivity index (χ2n) is 5.79. The number of nitrogens with zero attached hydrogens (tertiary/aromatic N) is 6. The van der Waals surface area contributed by atoms with Crippen LogP contribution in [0.3, 0.4) is 0 Å². The molecule has 1 atom stereocenters. The van der Waals surface area contributed by atoms with Crippen LogP contribution in [0.1, 0.15) is 31.0 Å². The molecule has 1 amide bonds. The van der Waals surface area contributed by atoms with Crippen molar-refractivity contribution in [2.75, 3.05) is 6.54 Å². The zero-order chi connectivity index (χ0) is 15.6. The Morgan fingerprint density at radius 2 is 2.17 bits per heavy atom. The Hall–Kier alpha value is -2.70. The van der Waals surface area contributed by atoms with Gasteiger partial charge in [0.2, 0.25) is 11.7 Å². The van der Waals surface area contributed by atoms with Gasteiger partial charge in [-0.25, -0.2) is 9.97 Å². The number of carbonyl (C=O) groups is 1. The molecule has 0 aliphatic carbocycles. The Labute approximate surface area is 133 Å². The van der Waals surface area contributed by atoms with Crippen LogP contribution in [-0.4, -0.2) is 41.5 Å². The summed E-state index contributed by atoms with van der Waals surface area (Å²) in [5, 5.41) is 4.12. The molecule has 23 heavy (non-hydrogen) atoms. The van der Waals surface area contributed by atoms with E-state index in [2.05, 4.69) is 15.1 Å². The highest BCUT2D eigenvalue weighted by Gasteiger charge is 2.29. The van der Waals surface area contributed by atoms with E-state index in [0.29, 0.717) is 5.78 Å². The maximum absolute atomic E-state index is 12.7. The highest BCUT2D eigenvalue weighted by atomic mass is 16.2. The van der Waals surface area contributed by atoms with Crippen LogP contribution in [-0.2, 0) is 11.3 Å². The van der Waals surface area contributed by atoms with Crippen LogP contribution in [0.25, 0.3) is 5.78 Å². The second kappa shape index (κ2) is 5.83. The topological polar surface area (TPSA) is 68.3 Å². The first-order chi connectivity index (χ1) is 11.3. The normalized spacial score (nSPS) is 18.4. The maximum atomic E-state index is 12.7. The molecule has 7 nitrogen and oxygen atoms in total. The molecule has 0 aromatic carbocycles. The highest BCUT2D eigenvalue weighted by molar-refractivity contribution is 5.76. The molecule has 1 aliphatic rings. The summed E-state index contributed by atoms with van der Waals surface area (Å²) in [4.78, 5) is 23.5. The molecule has 0 unspecified atom stereocenters. The molecule has 1 aliphatic heterocycles. The third-order valence-electron chi connectivity index (χ3n) is 4.30. The minimum Gasteiger partial charge on any atom is -0.332 e. The van der Waals surface area contributed by atoms with E-state index in [1.165, 1.54) is 0 Å². The van der Waals surface area contributed by atoms with Gasteiger partial charge >= 0.3 is 0 Å². The summed E-state index contributed by atoms with van der Waals surface area (Å²) in [5.74, 6) is 0.760. The van der Waals surface area contributed by atoms with Gasteiger partial charge in [0.15, 0.2) is 0 Å². The van der Waals surface area contributed by atoms with Gasteiger partial charge in [-0.1, -0.05) is 0 Å². The summed E-state index contributed by atoms with van der Waals surface area (Å²) in [7, 11) is 0. The number of amides is 1. The number of hydrogen-bond acceptors (Lipinski definition) is 4.